The van der Waals surface area contributed by atoms with Gasteiger partial charge < -0.3 is 10.4 Å². The van der Waals surface area contributed by atoms with Gasteiger partial charge in [0, 0.05) is 17.8 Å². The van der Waals surface area contributed by atoms with Crippen molar-refractivity contribution in [3.05, 3.63) is 42.0 Å². The highest BCUT2D eigenvalue weighted by Crippen LogP contribution is 2.08. The van der Waals surface area contributed by atoms with Crippen LogP contribution in [0.1, 0.15) is 5.56 Å². The standard InChI is InChI=1S/C12H9N3O4/c13-7-8-1-3-9(4-2-8)14-12(19)15-10(16)5-6-11(17)18/h1-6H,(H,17,18)(H2,14,15,16,19)/b6-5+. The van der Waals surface area contributed by atoms with E-state index in [0.717, 1.165) is 6.08 Å². The van der Waals surface area contributed by atoms with Crippen LogP contribution >= 0.6 is 0 Å². The number of amides is 3. The predicted octanol–water partition coefficient (Wildman–Crippen LogP) is 0.847. The number of benzene rings is 1. The van der Waals surface area contributed by atoms with E-state index in [0.29, 0.717) is 17.3 Å². The molecule has 0 saturated heterocycles. The molecule has 0 aliphatic heterocycles. The molecule has 3 N–H and O–H groups in total. The van der Waals surface area contributed by atoms with Gasteiger partial charge in [-0.25, -0.2) is 9.59 Å². The molecule has 3 amide bonds. The number of carbonyl (C=O) groups is 3. The van der Waals surface area contributed by atoms with Crippen LogP contribution < -0.4 is 10.6 Å². The number of carbonyl (C=O) groups excluding carboxylic acids is 2. The number of nitrogens with zero attached hydrogens (tertiary/aromatic N) is 1. The van der Waals surface area contributed by atoms with E-state index >= 15 is 0 Å². The van der Waals surface area contributed by atoms with E-state index in [9.17, 15) is 14.4 Å². The fraction of sp³-hybridized carbons (Fsp3) is 0. The fourth-order valence-corrected chi connectivity index (χ4v) is 1.09. The van der Waals surface area contributed by atoms with Crippen LogP contribution in [0, 0.1) is 11.3 Å². The molecule has 0 spiro atoms. The largest absolute Gasteiger partial charge is 0.478 e. The number of rotatable bonds is 3. The molecule has 19 heavy (non-hydrogen) atoms. The first-order valence-corrected chi connectivity index (χ1v) is 5.04. The lowest BCUT2D eigenvalue weighted by molar-refractivity contribution is -0.131. The van der Waals surface area contributed by atoms with Gasteiger partial charge >= 0.3 is 12.0 Å². The van der Waals surface area contributed by atoms with Gasteiger partial charge in [0.2, 0.25) is 0 Å². The van der Waals surface area contributed by atoms with E-state index in [1.54, 1.807) is 0 Å². The average molecular weight is 259 g/mol. The van der Waals surface area contributed by atoms with Gasteiger partial charge in [0.05, 0.1) is 11.6 Å². The summed E-state index contributed by atoms with van der Waals surface area (Å²) >= 11 is 0. The average Bonchev–Trinajstić information content (AvgIpc) is 2.37. The Balaban J connectivity index is 2.53. The minimum atomic E-state index is -1.29. The molecule has 0 fully saturated rings. The topological polar surface area (TPSA) is 119 Å². The minimum Gasteiger partial charge on any atom is -0.478 e. The second kappa shape index (κ2) is 6.56. The second-order valence-electron chi connectivity index (χ2n) is 3.30. The lowest BCUT2D eigenvalue weighted by atomic mass is 10.2. The number of hydrogen-bond donors (Lipinski definition) is 3. The van der Waals surface area contributed by atoms with Crippen molar-refractivity contribution < 1.29 is 19.5 Å². The quantitative estimate of drug-likeness (QED) is 0.695. The molecule has 0 aliphatic carbocycles. The van der Waals surface area contributed by atoms with Gasteiger partial charge in [-0.05, 0) is 24.3 Å². The summed E-state index contributed by atoms with van der Waals surface area (Å²) in [7, 11) is 0. The third-order valence-corrected chi connectivity index (χ3v) is 1.89. The third-order valence-electron chi connectivity index (χ3n) is 1.89. The fourth-order valence-electron chi connectivity index (χ4n) is 1.09. The van der Waals surface area contributed by atoms with Crippen molar-refractivity contribution >= 4 is 23.6 Å². The van der Waals surface area contributed by atoms with Crippen molar-refractivity contribution in [1.82, 2.24) is 5.32 Å². The van der Waals surface area contributed by atoms with Crippen molar-refractivity contribution in [2.45, 2.75) is 0 Å². The van der Waals surface area contributed by atoms with E-state index in [4.69, 9.17) is 10.4 Å². The van der Waals surface area contributed by atoms with E-state index < -0.39 is 17.9 Å². The Morgan fingerprint density at radius 3 is 2.32 bits per heavy atom. The molecular weight excluding hydrogens is 250 g/mol. The molecular formula is C12H9N3O4. The molecule has 0 unspecified atom stereocenters. The first-order valence-electron chi connectivity index (χ1n) is 5.04. The second-order valence-corrected chi connectivity index (χ2v) is 3.30. The van der Waals surface area contributed by atoms with Gasteiger partial charge in [-0.1, -0.05) is 0 Å². The molecule has 0 heterocycles. The van der Waals surface area contributed by atoms with Gasteiger partial charge in [-0.3, -0.25) is 10.1 Å². The van der Waals surface area contributed by atoms with Gasteiger partial charge in [0.15, 0.2) is 0 Å². The molecule has 7 nitrogen and oxygen atoms in total. The van der Waals surface area contributed by atoms with Crippen LogP contribution in [0.3, 0.4) is 0 Å². The first kappa shape index (κ1) is 13.9. The first-order chi connectivity index (χ1) is 9.01. The van der Waals surface area contributed by atoms with Crippen LogP contribution in [0.25, 0.3) is 0 Å². The van der Waals surface area contributed by atoms with E-state index in [1.807, 2.05) is 11.4 Å². The number of hydrogen-bond acceptors (Lipinski definition) is 4. The van der Waals surface area contributed by atoms with Crippen molar-refractivity contribution in [2.75, 3.05) is 5.32 Å². The minimum absolute atomic E-state index is 0.395. The molecule has 1 rings (SSSR count). The van der Waals surface area contributed by atoms with Gasteiger partial charge in [0.1, 0.15) is 0 Å². The van der Waals surface area contributed by atoms with E-state index in [1.165, 1.54) is 24.3 Å². The lowest BCUT2D eigenvalue weighted by Gasteiger charge is -2.04. The summed E-state index contributed by atoms with van der Waals surface area (Å²) in [5.41, 5.74) is 0.831. The monoisotopic (exact) mass is 259 g/mol. The Morgan fingerprint density at radius 1 is 1.16 bits per heavy atom. The molecule has 0 saturated carbocycles. The summed E-state index contributed by atoms with van der Waals surface area (Å²) < 4.78 is 0. The molecule has 0 atom stereocenters. The van der Waals surface area contributed by atoms with Crippen molar-refractivity contribution in [3.8, 4) is 6.07 Å². The van der Waals surface area contributed by atoms with Gasteiger partial charge in [-0.2, -0.15) is 5.26 Å². The summed E-state index contributed by atoms with van der Waals surface area (Å²) in [6, 6.07) is 7.11. The number of carboxylic acids is 1. The number of aliphatic carboxylic acids is 1. The zero-order valence-corrected chi connectivity index (χ0v) is 9.58. The van der Waals surface area contributed by atoms with Crippen molar-refractivity contribution in [2.24, 2.45) is 0 Å². The van der Waals surface area contributed by atoms with Gasteiger partial charge in [-0.15, -0.1) is 0 Å². The van der Waals surface area contributed by atoms with Crippen LogP contribution in [0.15, 0.2) is 36.4 Å². The summed E-state index contributed by atoms with van der Waals surface area (Å²) in [5.74, 6) is -2.14. The number of imide groups is 1. The molecule has 96 valence electrons. The Hall–Kier alpha value is -3.14. The van der Waals surface area contributed by atoms with Crippen LogP contribution in [0.2, 0.25) is 0 Å². The Bertz CT molecular complexity index is 570. The van der Waals surface area contributed by atoms with E-state index in [2.05, 4.69) is 5.32 Å². The SMILES string of the molecule is N#Cc1ccc(NC(=O)NC(=O)/C=C/C(=O)O)cc1. The van der Waals surface area contributed by atoms with E-state index in [-0.39, 0.29) is 0 Å². The van der Waals surface area contributed by atoms with Crippen LogP contribution in [0.4, 0.5) is 10.5 Å². The van der Waals surface area contributed by atoms with Crippen LogP contribution in [-0.2, 0) is 9.59 Å². The number of carboxylic acid groups (broad SMARTS) is 1. The van der Waals surface area contributed by atoms with Crippen LogP contribution in [-0.4, -0.2) is 23.0 Å². The normalized spacial score (nSPS) is 9.63. The molecule has 1 aromatic carbocycles. The zero-order valence-electron chi connectivity index (χ0n) is 9.58. The number of nitrogens with one attached hydrogen (secondary N) is 2. The van der Waals surface area contributed by atoms with Crippen LogP contribution in [0.5, 0.6) is 0 Å². The zero-order chi connectivity index (χ0) is 14.3. The maximum Gasteiger partial charge on any atom is 0.328 e. The van der Waals surface area contributed by atoms with Gasteiger partial charge in [0.25, 0.3) is 5.91 Å². The maximum absolute atomic E-state index is 11.3. The maximum atomic E-state index is 11.3. The Labute approximate surface area is 108 Å². The molecule has 0 aliphatic rings. The highest BCUT2D eigenvalue weighted by Gasteiger charge is 2.05. The number of nitriles is 1. The Morgan fingerprint density at radius 2 is 1.79 bits per heavy atom. The molecule has 1 aromatic rings. The smallest absolute Gasteiger partial charge is 0.328 e. The summed E-state index contributed by atoms with van der Waals surface area (Å²) in [4.78, 5) is 32.6. The summed E-state index contributed by atoms with van der Waals surface area (Å²) in [6.07, 6.45) is 1.34. The van der Waals surface area contributed by atoms with Crippen molar-refractivity contribution in [1.29, 1.82) is 5.26 Å². The lowest BCUT2D eigenvalue weighted by Crippen LogP contribution is -2.33. The Kier molecular flexibility index (Phi) is 4.81. The third kappa shape index (κ3) is 5.14. The summed E-state index contributed by atoms with van der Waals surface area (Å²) in [5, 5.41) is 21.1. The highest BCUT2D eigenvalue weighted by atomic mass is 16.4. The highest BCUT2D eigenvalue weighted by molar-refractivity contribution is 6.06. The molecule has 0 radical (unpaired) electrons. The molecule has 0 bridgehead atoms. The summed E-state index contributed by atoms with van der Waals surface area (Å²) in [6.45, 7) is 0. The molecule has 7 heteroatoms. The number of urea groups is 1. The molecule has 0 aromatic heterocycles. The van der Waals surface area contributed by atoms with Crippen molar-refractivity contribution in [3.63, 3.8) is 0 Å². The number of anilines is 1. The predicted molar refractivity (Wildman–Crippen MR) is 65.1 cm³/mol.